The number of carbonyl (C=O) groups is 1. The molecule has 0 aliphatic rings. The van der Waals surface area contributed by atoms with Gasteiger partial charge < -0.3 is 15.0 Å². The van der Waals surface area contributed by atoms with Crippen LogP contribution in [0.4, 0.5) is 0 Å². The zero-order valence-corrected chi connectivity index (χ0v) is 13.3. The lowest BCUT2D eigenvalue weighted by molar-refractivity contribution is 0.0519. The number of H-pyrrole nitrogens is 1. The van der Waals surface area contributed by atoms with Crippen LogP contribution < -0.4 is 5.32 Å². The number of aromatic amines is 1. The van der Waals surface area contributed by atoms with E-state index >= 15 is 0 Å². The zero-order valence-electron chi connectivity index (χ0n) is 12.4. The summed E-state index contributed by atoms with van der Waals surface area (Å²) < 4.78 is 4.97. The predicted molar refractivity (Wildman–Crippen MR) is 83.6 cm³/mol. The minimum atomic E-state index is -0.366. The number of nitrogens with zero attached hydrogens (tertiary/aromatic N) is 1. The molecule has 114 valence electrons. The van der Waals surface area contributed by atoms with E-state index in [9.17, 15) is 4.79 Å². The molecule has 0 amide bonds. The quantitative estimate of drug-likeness (QED) is 0.581. The van der Waals surface area contributed by atoms with Crippen molar-refractivity contribution < 1.29 is 9.53 Å². The number of nitrogens with one attached hydrogen (secondary N) is 2. The summed E-state index contributed by atoms with van der Waals surface area (Å²) in [5, 5.41) is 7.62. The van der Waals surface area contributed by atoms with Crippen LogP contribution in [0.15, 0.2) is 16.8 Å². The molecule has 0 fully saturated rings. The van der Waals surface area contributed by atoms with Crippen molar-refractivity contribution in [1.82, 2.24) is 15.3 Å². The number of hydrogen-bond acceptors (Lipinski definition) is 5. The molecule has 0 aliphatic carbocycles. The summed E-state index contributed by atoms with van der Waals surface area (Å²) in [6, 6.07) is 2.16. The molecular formula is C15H21N3O2S. The Labute approximate surface area is 128 Å². The van der Waals surface area contributed by atoms with Gasteiger partial charge in [-0.2, -0.15) is 11.3 Å². The van der Waals surface area contributed by atoms with Gasteiger partial charge >= 0.3 is 5.97 Å². The molecule has 2 aromatic heterocycles. The average molecular weight is 307 g/mol. The lowest BCUT2D eigenvalue weighted by Gasteiger charge is -2.01. The van der Waals surface area contributed by atoms with Gasteiger partial charge in [0.1, 0.15) is 5.82 Å². The molecule has 0 aliphatic heterocycles. The molecule has 0 saturated carbocycles. The van der Waals surface area contributed by atoms with Crippen LogP contribution in [0, 0.1) is 6.92 Å². The van der Waals surface area contributed by atoms with Gasteiger partial charge in [-0.25, -0.2) is 9.78 Å². The minimum absolute atomic E-state index is 0.362. The van der Waals surface area contributed by atoms with Gasteiger partial charge in [0.25, 0.3) is 0 Å². The smallest absolute Gasteiger partial charge is 0.358 e. The Morgan fingerprint density at radius 2 is 2.38 bits per heavy atom. The summed E-state index contributed by atoms with van der Waals surface area (Å²) in [4.78, 5) is 19.1. The van der Waals surface area contributed by atoms with Crippen molar-refractivity contribution in [1.29, 1.82) is 0 Å². The highest BCUT2D eigenvalue weighted by molar-refractivity contribution is 7.07. The van der Waals surface area contributed by atoms with Gasteiger partial charge in [-0.1, -0.05) is 0 Å². The SMILES string of the molecule is CCOC(=O)c1nc(CNCCCc2ccsc2)[nH]c1C. The lowest BCUT2D eigenvalue weighted by Crippen LogP contribution is -2.16. The highest BCUT2D eigenvalue weighted by Crippen LogP contribution is 2.08. The Kier molecular flexibility index (Phi) is 5.95. The molecule has 0 saturated heterocycles. The molecule has 2 heterocycles. The Hall–Kier alpha value is -1.66. The highest BCUT2D eigenvalue weighted by atomic mass is 32.1. The summed E-state index contributed by atoms with van der Waals surface area (Å²) >= 11 is 1.73. The van der Waals surface area contributed by atoms with E-state index in [1.165, 1.54) is 5.56 Å². The van der Waals surface area contributed by atoms with E-state index in [4.69, 9.17) is 4.74 Å². The maximum atomic E-state index is 11.7. The van der Waals surface area contributed by atoms with Gasteiger partial charge in [0.2, 0.25) is 0 Å². The largest absolute Gasteiger partial charge is 0.461 e. The molecule has 0 bridgehead atoms. The van der Waals surface area contributed by atoms with E-state index in [1.54, 1.807) is 18.3 Å². The summed E-state index contributed by atoms with van der Waals surface area (Å²) in [5.74, 6) is 0.404. The van der Waals surface area contributed by atoms with Crippen LogP contribution in [-0.2, 0) is 17.7 Å². The van der Waals surface area contributed by atoms with E-state index in [-0.39, 0.29) is 5.97 Å². The lowest BCUT2D eigenvalue weighted by atomic mass is 10.2. The maximum Gasteiger partial charge on any atom is 0.358 e. The molecular weight excluding hydrogens is 286 g/mol. The van der Waals surface area contributed by atoms with E-state index in [0.717, 1.165) is 30.9 Å². The molecule has 0 spiro atoms. The third kappa shape index (κ3) is 4.68. The van der Waals surface area contributed by atoms with Crippen molar-refractivity contribution in [2.45, 2.75) is 33.2 Å². The van der Waals surface area contributed by atoms with Crippen LogP contribution in [0.3, 0.4) is 0 Å². The number of esters is 1. The van der Waals surface area contributed by atoms with Crippen molar-refractivity contribution in [3.8, 4) is 0 Å². The molecule has 0 radical (unpaired) electrons. The second kappa shape index (κ2) is 7.95. The van der Waals surface area contributed by atoms with Gasteiger partial charge in [0.05, 0.1) is 13.2 Å². The first-order valence-corrected chi connectivity index (χ1v) is 8.09. The molecule has 6 heteroatoms. The van der Waals surface area contributed by atoms with E-state index in [1.807, 2.05) is 6.92 Å². The molecule has 0 atom stereocenters. The third-order valence-corrected chi connectivity index (χ3v) is 3.83. The normalized spacial score (nSPS) is 10.8. The Morgan fingerprint density at radius 3 is 3.10 bits per heavy atom. The predicted octanol–water partition coefficient (Wildman–Crippen LogP) is 2.68. The van der Waals surface area contributed by atoms with Gasteiger partial charge in [-0.3, -0.25) is 0 Å². The van der Waals surface area contributed by atoms with Crippen molar-refractivity contribution in [2.75, 3.05) is 13.2 Å². The summed E-state index contributed by atoms with van der Waals surface area (Å²) in [6.45, 7) is 5.53. The zero-order chi connectivity index (χ0) is 15.1. The Morgan fingerprint density at radius 1 is 1.52 bits per heavy atom. The fourth-order valence-electron chi connectivity index (χ4n) is 2.06. The van der Waals surface area contributed by atoms with Crippen molar-refractivity contribution in [3.63, 3.8) is 0 Å². The minimum Gasteiger partial charge on any atom is -0.461 e. The summed E-state index contributed by atoms with van der Waals surface area (Å²) in [6.07, 6.45) is 2.17. The topological polar surface area (TPSA) is 67.0 Å². The maximum absolute atomic E-state index is 11.7. The molecule has 0 aromatic carbocycles. The number of carbonyl (C=O) groups excluding carboxylic acids is 1. The van der Waals surface area contributed by atoms with Crippen LogP contribution in [0.2, 0.25) is 0 Å². The van der Waals surface area contributed by atoms with Crippen molar-refractivity contribution in [3.05, 3.63) is 39.6 Å². The second-order valence-electron chi connectivity index (χ2n) is 4.79. The van der Waals surface area contributed by atoms with Crippen molar-refractivity contribution in [2.24, 2.45) is 0 Å². The number of imidazole rings is 1. The van der Waals surface area contributed by atoms with Crippen LogP contribution >= 0.6 is 11.3 Å². The average Bonchev–Trinajstić information content (AvgIpc) is 3.08. The Bertz CT molecular complexity index is 563. The molecule has 0 unspecified atom stereocenters. The van der Waals surface area contributed by atoms with Crippen molar-refractivity contribution >= 4 is 17.3 Å². The standard InChI is InChI=1S/C15H21N3O2S/c1-3-20-15(19)14-11(2)17-13(18-14)9-16-7-4-5-12-6-8-21-10-12/h6,8,10,16H,3-5,7,9H2,1-2H3,(H,17,18). The number of hydrogen-bond donors (Lipinski definition) is 2. The molecule has 2 aromatic rings. The number of ether oxygens (including phenoxy) is 1. The number of thiophene rings is 1. The van der Waals surface area contributed by atoms with E-state index in [0.29, 0.717) is 18.8 Å². The monoisotopic (exact) mass is 307 g/mol. The molecule has 2 N–H and O–H groups in total. The third-order valence-electron chi connectivity index (χ3n) is 3.09. The highest BCUT2D eigenvalue weighted by Gasteiger charge is 2.15. The summed E-state index contributed by atoms with van der Waals surface area (Å²) in [7, 11) is 0. The van der Waals surface area contributed by atoms with E-state index in [2.05, 4.69) is 32.1 Å². The Balaban J connectivity index is 1.73. The molecule has 21 heavy (non-hydrogen) atoms. The molecule has 5 nitrogen and oxygen atoms in total. The summed E-state index contributed by atoms with van der Waals surface area (Å²) in [5.41, 5.74) is 2.52. The van der Waals surface area contributed by atoms with E-state index < -0.39 is 0 Å². The number of aromatic nitrogens is 2. The molecule has 2 rings (SSSR count). The van der Waals surface area contributed by atoms with Gasteiger partial charge in [-0.15, -0.1) is 0 Å². The fourth-order valence-corrected chi connectivity index (χ4v) is 2.77. The fraction of sp³-hybridized carbons (Fsp3) is 0.467. The van der Waals surface area contributed by atoms with Crippen LogP contribution in [0.5, 0.6) is 0 Å². The number of rotatable bonds is 8. The van der Waals surface area contributed by atoms with Crippen LogP contribution in [0.25, 0.3) is 0 Å². The van der Waals surface area contributed by atoms with Crippen LogP contribution in [0.1, 0.15) is 40.9 Å². The van der Waals surface area contributed by atoms with Gasteiger partial charge in [0.15, 0.2) is 5.69 Å². The van der Waals surface area contributed by atoms with Gasteiger partial charge in [-0.05, 0) is 55.6 Å². The number of aryl methyl sites for hydroxylation is 2. The first-order chi connectivity index (χ1) is 10.2. The van der Waals surface area contributed by atoms with Gasteiger partial charge in [0, 0.05) is 5.69 Å². The first-order valence-electron chi connectivity index (χ1n) is 7.15. The van der Waals surface area contributed by atoms with Crippen LogP contribution in [-0.4, -0.2) is 29.1 Å². The second-order valence-corrected chi connectivity index (χ2v) is 5.57. The first kappa shape index (κ1) is 15.7.